The average Bonchev–Trinajstić information content (AvgIpc) is 3.11. The summed E-state index contributed by atoms with van der Waals surface area (Å²) >= 11 is 0. The summed E-state index contributed by atoms with van der Waals surface area (Å²) in [5.74, 6) is 1.75. The van der Waals surface area contributed by atoms with Crippen LogP contribution in [-0.4, -0.2) is 18.1 Å². The molecule has 1 saturated carbocycles. The van der Waals surface area contributed by atoms with Crippen LogP contribution in [-0.2, 0) is 6.54 Å². The molecule has 1 heterocycles. The average molecular weight is 220 g/mol. The molecule has 0 radical (unpaired) electrons. The van der Waals surface area contributed by atoms with E-state index in [1.165, 1.54) is 12.8 Å². The highest BCUT2D eigenvalue weighted by molar-refractivity contribution is 5.22. The van der Waals surface area contributed by atoms with Crippen molar-refractivity contribution in [1.29, 1.82) is 0 Å². The quantitative estimate of drug-likeness (QED) is 0.716. The standard InChI is InChI=1S/C13H20N2O/c1-2-6-14-9-12-8-13(5-7-15-12)16-10-11-3-4-11/h5,7-8,11,14H,2-4,6,9-10H2,1H3. The fourth-order valence-electron chi connectivity index (χ4n) is 1.53. The Hall–Kier alpha value is -1.09. The second kappa shape index (κ2) is 5.85. The first-order chi connectivity index (χ1) is 7.88. The Morgan fingerprint density at radius 1 is 1.50 bits per heavy atom. The molecule has 16 heavy (non-hydrogen) atoms. The monoisotopic (exact) mass is 220 g/mol. The maximum absolute atomic E-state index is 5.71. The molecule has 0 atom stereocenters. The zero-order chi connectivity index (χ0) is 11.2. The third-order valence-corrected chi connectivity index (χ3v) is 2.70. The minimum Gasteiger partial charge on any atom is -0.493 e. The zero-order valence-electron chi connectivity index (χ0n) is 9.91. The van der Waals surface area contributed by atoms with Gasteiger partial charge in [0.15, 0.2) is 0 Å². The van der Waals surface area contributed by atoms with Gasteiger partial charge < -0.3 is 10.1 Å². The van der Waals surface area contributed by atoms with Crippen molar-refractivity contribution >= 4 is 0 Å². The van der Waals surface area contributed by atoms with Crippen LogP contribution in [0.2, 0.25) is 0 Å². The van der Waals surface area contributed by atoms with Crippen LogP contribution in [0, 0.1) is 5.92 Å². The Kier molecular flexibility index (Phi) is 4.17. The first kappa shape index (κ1) is 11.4. The molecule has 1 aromatic heterocycles. The summed E-state index contributed by atoms with van der Waals surface area (Å²) in [6.45, 7) is 4.89. The fraction of sp³-hybridized carbons (Fsp3) is 0.615. The molecule has 1 fully saturated rings. The Bertz CT molecular complexity index is 323. The van der Waals surface area contributed by atoms with Crippen LogP contribution in [0.25, 0.3) is 0 Å². The first-order valence-electron chi connectivity index (χ1n) is 6.17. The summed E-state index contributed by atoms with van der Waals surface area (Å²) in [5.41, 5.74) is 1.06. The molecule has 2 rings (SSSR count). The van der Waals surface area contributed by atoms with E-state index in [4.69, 9.17) is 4.74 Å². The van der Waals surface area contributed by atoms with Gasteiger partial charge in [-0.3, -0.25) is 4.98 Å². The number of pyridine rings is 1. The summed E-state index contributed by atoms with van der Waals surface area (Å²) < 4.78 is 5.71. The summed E-state index contributed by atoms with van der Waals surface area (Å²) in [6, 6.07) is 3.97. The van der Waals surface area contributed by atoms with Crippen LogP contribution in [0.1, 0.15) is 31.9 Å². The van der Waals surface area contributed by atoms with Crippen LogP contribution in [0.4, 0.5) is 0 Å². The SMILES string of the molecule is CCCNCc1cc(OCC2CC2)ccn1. The molecular weight excluding hydrogens is 200 g/mol. The molecule has 0 spiro atoms. The van der Waals surface area contributed by atoms with Crippen molar-refractivity contribution < 1.29 is 4.74 Å². The van der Waals surface area contributed by atoms with Crippen molar-refractivity contribution in [3.8, 4) is 5.75 Å². The molecule has 0 unspecified atom stereocenters. The number of rotatable bonds is 7. The summed E-state index contributed by atoms with van der Waals surface area (Å²) in [7, 11) is 0. The summed E-state index contributed by atoms with van der Waals surface area (Å²) in [4.78, 5) is 4.31. The molecule has 1 N–H and O–H groups in total. The maximum atomic E-state index is 5.71. The highest BCUT2D eigenvalue weighted by Gasteiger charge is 2.21. The molecule has 3 nitrogen and oxygen atoms in total. The van der Waals surface area contributed by atoms with Crippen LogP contribution >= 0.6 is 0 Å². The van der Waals surface area contributed by atoms with Gasteiger partial charge in [-0.15, -0.1) is 0 Å². The predicted molar refractivity (Wildman–Crippen MR) is 64.5 cm³/mol. The van der Waals surface area contributed by atoms with Crippen LogP contribution in [0.3, 0.4) is 0 Å². The van der Waals surface area contributed by atoms with Gasteiger partial charge in [0.05, 0.1) is 12.3 Å². The Labute approximate surface area is 97.2 Å². The fourth-order valence-corrected chi connectivity index (χ4v) is 1.53. The molecule has 1 aliphatic rings. The van der Waals surface area contributed by atoms with Crippen molar-refractivity contribution in [3.63, 3.8) is 0 Å². The Morgan fingerprint density at radius 2 is 2.38 bits per heavy atom. The minimum atomic E-state index is 0.801. The van der Waals surface area contributed by atoms with Gasteiger partial charge >= 0.3 is 0 Å². The van der Waals surface area contributed by atoms with E-state index in [0.29, 0.717) is 0 Å². The lowest BCUT2D eigenvalue weighted by Gasteiger charge is -2.07. The van der Waals surface area contributed by atoms with E-state index in [0.717, 1.165) is 43.5 Å². The molecule has 88 valence electrons. The lowest BCUT2D eigenvalue weighted by Crippen LogP contribution is -2.14. The number of nitrogens with one attached hydrogen (secondary N) is 1. The second-order valence-electron chi connectivity index (χ2n) is 4.41. The predicted octanol–water partition coefficient (Wildman–Crippen LogP) is 2.37. The molecular formula is C13H20N2O. The highest BCUT2D eigenvalue weighted by atomic mass is 16.5. The van der Waals surface area contributed by atoms with Gasteiger partial charge in [0.1, 0.15) is 5.75 Å². The van der Waals surface area contributed by atoms with Crippen molar-refractivity contribution in [1.82, 2.24) is 10.3 Å². The van der Waals surface area contributed by atoms with Gasteiger partial charge in [0.2, 0.25) is 0 Å². The van der Waals surface area contributed by atoms with Crippen molar-refractivity contribution in [2.75, 3.05) is 13.2 Å². The number of ether oxygens (including phenoxy) is 1. The van der Waals surface area contributed by atoms with Gasteiger partial charge in [0.25, 0.3) is 0 Å². The molecule has 3 heteroatoms. The Balaban J connectivity index is 1.80. The van der Waals surface area contributed by atoms with Crippen molar-refractivity contribution in [3.05, 3.63) is 24.0 Å². The summed E-state index contributed by atoms with van der Waals surface area (Å²) in [6.07, 6.45) is 5.63. The minimum absolute atomic E-state index is 0.801. The number of aromatic nitrogens is 1. The molecule has 0 bridgehead atoms. The van der Waals surface area contributed by atoms with E-state index in [-0.39, 0.29) is 0 Å². The van der Waals surface area contributed by atoms with E-state index >= 15 is 0 Å². The summed E-state index contributed by atoms with van der Waals surface area (Å²) in [5, 5.41) is 3.34. The lowest BCUT2D eigenvalue weighted by atomic mass is 10.3. The van der Waals surface area contributed by atoms with Crippen LogP contribution in [0.15, 0.2) is 18.3 Å². The molecule has 0 amide bonds. The molecule has 0 saturated heterocycles. The number of nitrogens with zero attached hydrogens (tertiary/aromatic N) is 1. The molecule has 1 aromatic rings. The van der Waals surface area contributed by atoms with Gasteiger partial charge in [-0.05, 0) is 37.8 Å². The maximum Gasteiger partial charge on any atom is 0.122 e. The molecule has 0 aliphatic heterocycles. The number of hydrogen-bond acceptors (Lipinski definition) is 3. The van der Waals surface area contributed by atoms with Gasteiger partial charge in [-0.1, -0.05) is 6.92 Å². The highest BCUT2D eigenvalue weighted by Crippen LogP contribution is 2.29. The van der Waals surface area contributed by atoms with Gasteiger partial charge in [-0.25, -0.2) is 0 Å². The van der Waals surface area contributed by atoms with Gasteiger partial charge in [0, 0.05) is 18.8 Å². The Morgan fingerprint density at radius 3 is 3.12 bits per heavy atom. The normalized spacial score (nSPS) is 15.1. The third-order valence-electron chi connectivity index (χ3n) is 2.70. The van der Waals surface area contributed by atoms with E-state index in [2.05, 4.69) is 17.2 Å². The lowest BCUT2D eigenvalue weighted by molar-refractivity contribution is 0.299. The zero-order valence-corrected chi connectivity index (χ0v) is 9.91. The van der Waals surface area contributed by atoms with Gasteiger partial charge in [-0.2, -0.15) is 0 Å². The molecule has 0 aromatic carbocycles. The van der Waals surface area contributed by atoms with Crippen molar-refractivity contribution in [2.24, 2.45) is 5.92 Å². The topological polar surface area (TPSA) is 34.1 Å². The smallest absolute Gasteiger partial charge is 0.122 e. The van der Waals surface area contributed by atoms with Crippen LogP contribution in [0.5, 0.6) is 5.75 Å². The third kappa shape index (κ3) is 3.81. The van der Waals surface area contributed by atoms with E-state index in [9.17, 15) is 0 Å². The molecule has 1 aliphatic carbocycles. The van der Waals surface area contributed by atoms with E-state index in [1.807, 2.05) is 18.3 Å². The van der Waals surface area contributed by atoms with E-state index in [1.54, 1.807) is 0 Å². The number of hydrogen-bond donors (Lipinski definition) is 1. The van der Waals surface area contributed by atoms with E-state index < -0.39 is 0 Å². The first-order valence-corrected chi connectivity index (χ1v) is 6.17. The van der Waals surface area contributed by atoms with Crippen LogP contribution < -0.4 is 10.1 Å². The second-order valence-corrected chi connectivity index (χ2v) is 4.41. The largest absolute Gasteiger partial charge is 0.493 e. The van der Waals surface area contributed by atoms with Crippen molar-refractivity contribution in [2.45, 2.75) is 32.7 Å².